The third kappa shape index (κ3) is 6.66. The van der Waals surface area contributed by atoms with Crippen LogP contribution < -0.4 is 0 Å². The SMILES string of the molecule is CCn1ccnc1[C@H](CCc1ccccc1)OC(=O)CC(C)(C)CC(C)=O. The largest absolute Gasteiger partial charge is 0.454 e. The topological polar surface area (TPSA) is 61.2 Å². The molecule has 0 aliphatic heterocycles. The summed E-state index contributed by atoms with van der Waals surface area (Å²) in [5, 5.41) is 0. The molecular formula is C22H30N2O3. The zero-order chi connectivity index (χ0) is 19.9. The molecule has 0 unspecified atom stereocenters. The average Bonchev–Trinajstić information content (AvgIpc) is 3.06. The minimum atomic E-state index is -0.410. The Hall–Kier alpha value is -2.43. The lowest BCUT2D eigenvalue weighted by atomic mass is 9.84. The lowest BCUT2D eigenvalue weighted by Crippen LogP contribution is -2.24. The summed E-state index contributed by atoms with van der Waals surface area (Å²) in [4.78, 5) is 28.4. The predicted molar refractivity (Wildman–Crippen MR) is 105 cm³/mol. The number of ether oxygens (including phenoxy) is 1. The number of carbonyl (C=O) groups excluding carboxylic acids is 2. The van der Waals surface area contributed by atoms with Crippen LogP contribution in [0.1, 0.15) is 64.4 Å². The number of hydrogen-bond acceptors (Lipinski definition) is 4. The standard InChI is InChI=1S/C22H30N2O3/c1-5-24-14-13-23-21(24)19(12-11-18-9-7-6-8-10-18)27-20(26)16-22(3,4)15-17(2)25/h6-10,13-14,19H,5,11-12,15-16H2,1-4H3/t19-/m0/s1. The molecule has 146 valence electrons. The van der Waals surface area contributed by atoms with Crippen molar-refractivity contribution in [2.75, 3.05) is 0 Å². The zero-order valence-corrected chi connectivity index (χ0v) is 16.8. The van der Waals surface area contributed by atoms with Gasteiger partial charge in [0.2, 0.25) is 0 Å². The summed E-state index contributed by atoms with van der Waals surface area (Å²) in [5.41, 5.74) is 0.789. The number of carbonyl (C=O) groups is 2. The van der Waals surface area contributed by atoms with Crippen molar-refractivity contribution in [2.45, 2.75) is 66.0 Å². The molecule has 5 nitrogen and oxygen atoms in total. The van der Waals surface area contributed by atoms with Crippen LogP contribution in [0.2, 0.25) is 0 Å². The van der Waals surface area contributed by atoms with Crippen LogP contribution >= 0.6 is 0 Å². The summed E-state index contributed by atoms with van der Waals surface area (Å²) in [6, 6.07) is 10.1. The molecule has 0 fully saturated rings. The maximum absolute atomic E-state index is 12.6. The Morgan fingerprint density at radius 1 is 1.19 bits per heavy atom. The lowest BCUT2D eigenvalue weighted by Gasteiger charge is -2.24. The molecule has 1 atom stereocenters. The molecule has 0 aliphatic rings. The average molecular weight is 370 g/mol. The number of imidazole rings is 1. The number of ketones is 1. The van der Waals surface area contributed by atoms with E-state index in [1.54, 1.807) is 13.1 Å². The van der Waals surface area contributed by atoms with Crippen LogP contribution in [-0.2, 0) is 27.3 Å². The van der Waals surface area contributed by atoms with Crippen LogP contribution in [0.3, 0.4) is 0 Å². The predicted octanol–water partition coefficient (Wildman–Crippen LogP) is 4.52. The fraction of sp³-hybridized carbons (Fsp3) is 0.500. The molecule has 0 bridgehead atoms. The first-order valence-electron chi connectivity index (χ1n) is 9.54. The van der Waals surface area contributed by atoms with Crippen molar-refractivity contribution in [2.24, 2.45) is 5.41 Å². The van der Waals surface area contributed by atoms with Crippen molar-refractivity contribution < 1.29 is 14.3 Å². The Bertz CT molecular complexity index is 750. The highest BCUT2D eigenvalue weighted by Gasteiger charge is 2.28. The van der Waals surface area contributed by atoms with E-state index in [0.29, 0.717) is 12.8 Å². The molecule has 1 aromatic heterocycles. The van der Waals surface area contributed by atoms with Gasteiger partial charge < -0.3 is 14.1 Å². The third-order valence-electron chi connectivity index (χ3n) is 4.54. The zero-order valence-electron chi connectivity index (χ0n) is 16.8. The number of rotatable bonds is 10. The van der Waals surface area contributed by atoms with E-state index in [1.807, 2.05) is 49.7 Å². The number of Topliss-reactive ketones (excluding diaryl/α,β-unsaturated/α-hetero) is 1. The highest BCUT2D eigenvalue weighted by Crippen LogP contribution is 2.29. The van der Waals surface area contributed by atoms with Crippen molar-refractivity contribution in [3.63, 3.8) is 0 Å². The Kier molecular flexibility index (Phi) is 7.34. The van der Waals surface area contributed by atoms with Crippen LogP contribution in [-0.4, -0.2) is 21.3 Å². The van der Waals surface area contributed by atoms with Crippen LogP contribution in [0.5, 0.6) is 0 Å². The monoisotopic (exact) mass is 370 g/mol. The second kappa shape index (κ2) is 9.49. The summed E-state index contributed by atoms with van der Waals surface area (Å²) < 4.78 is 7.85. The van der Waals surface area contributed by atoms with Crippen molar-refractivity contribution in [1.82, 2.24) is 9.55 Å². The highest BCUT2D eigenvalue weighted by molar-refractivity contribution is 5.78. The van der Waals surface area contributed by atoms with Crippen molar-refractivity contribution >= 4 is 11.8 Å². The quantitative estimate of drug-likeness (QED) is 0.577. The Balaban J connectivity index is 2.09. The summed E-state index contributed by atoms with van der Waals surface area (Å²) in [5.74, 6) is 0.561. The number of nitrogens with zero attached hydrogens (tertiary/aromatic N) is 2. The minimum Gasteiger partial charge on any atom is -0.454 e. The molecule has 2 aromatic rings. The van der Waals surface area contributed by atoms with Crippen LogP contribution in [0.25, 0.3) is 0 Å². The van der Waals surface area contributed by atoms with E-state index in [0.717, 1.165) is 18.8 Å². The van der Waals surface area contributed by atoms with Gasteiger partial charge in [-0.15, -0.1) is 0 Å². The molecule has 5 heteroatoms. The van der Waals surface area contributed by atoms with E-state index in [2.05, 4.69) is 17.1 Å². The first kappa shape index (κ1) is 20.9. The van der Waals surface area contributed by atoms with Gasteiger partial charge in [0.15, 0.2) is 6.10 Å². The second-order valence-electron chi connectivity index (χ2n) is 7.79. The molecule has 0 amide bonds. The highest BCUT2D eigenvalue weighted by atomic mass is 16.5. The normalized spacial score (nSPS) is 12.6. The maximum Gasteiger partial charge on any atom is 0.307 e. The fourth-order valence-corrected chi connectivity index (χ4v) is 3.39. The summed E-state index contributed by atoms with van der Waals surface area (Å²) in [6.45, 7) is 8.19. The molecule has 0 radical (unpaired) electrons. The molecule has 1 aromatic carbocycles. The smallest absolute Gasteiger partial charge is 0.307 e. The number of hydrogen-bond donors (Lipinski definition) is 0. The Morgan fingerprint density at radius 2 is 1.89 bits per heavy atom. The summed E-state index contributed by atoms with van der Waals surface area (Å²) in [7, 11) is 0. The van der Waals surface area contributed by atoms with Gasteiger partial charge in [-0.2, -0.15) is 0 Å². The fourth-order valence-electron chi connectivity index (χ4n) is 3.39. The lowest BCUT2D eigenvalue weighted by molar-refractivity contribution is -0.153. The summed E-state index contributed by atoms with van der Waals surface area (Å²) >= 11 is 0. The molecular weight excluding hydrogens is 340 g/mol. The molecule has 0 aliphatic carbocycles. The van der Waals surface area contributed by atoms with Gasteiger partial charge in [0, 0.05) is 25.4 Å². The third-order valence-corrected chi connectivity index (χ3v) is 4.54. The maximum atomic E-state index is 12.6. The van der Waals surface area contributed by atoms with E-state index in [9.17, 15) is 9.59 Å². The van der Waals surface area contributed by atoms with Crippen molar-refractivity contribution in [3.05, 3.63) is 54.1 Å². The van der Waals surface area contributed by atoms with Crippen molar-refractivity contribution in [3.8, 4) is 0 Å². The second-order valence-corrected chi connectivity index (χ2v) is 7.79. The van der Waals surface area contributed by atoms with E-state index in [1.165, 1.54) is 5.56 Å². The van der Waals surface area contributed by atoms with E-state index in [4.69, 9.17) is 4.74 Å². The molecule has 0 saturated heterocycles. The summed E-state index contributed by atoms with van der Waals surface area (Å²) in [6.07, 6.45) is 5.27. The van der Waals surface area contributed by atoms with Gasteiger partial charge in [-0.3, -0.25) is 4.79 Å². The molecule has 27 heavy (non-hydrogen) atoms. The number of benzene rings is 1. The molecule has 1 heterocycles. The molecule has 0 saturated carbocycles. The molecule has 2 rings (SSSR count). The van der Waals surface area contributed by atoms with Crippen LogP contribution in [0, 0.1) is 5.41 Å². The first-order chi connectivity index (χ1) is 12.8. The van der Waals surface area contributed by atoms with Gasteiger partial charge in [0.25, 0.3) is 0 Å². The van der Waals surface area contributed by atoms with Gasteiger partial charge in [0.05, 0.1) is 6.42 Å². The Morgan fingerprint density at radius 3 is 2.52 bits per heavy atom. The van der Waals surface area contributed by atoms with Gasteiger partial charge in [-0.25, -0.2) is 4.98 Å². The molecule has 0 spiro atoms. The van der Waals surface area contributed by atoms with E-state index >= 15 is 0 Å². The molecule has 0 N–H and O–H groups in total. The number of aromatic nitrogens is 2. The van der Waals surface area contributed by atoms with E-state index < -0.39 is 11.5 Å². The van der Waals surface area contributed by atoms with Gasteiger partial charge in [0.1, 0.15) is 11.6 Å². The van der Waals surface area contributed by atoms with Gasteiger partial charge >= 0.3 is 5.97 Å². The first-order valence-corrected chi connectivity index (χ1v) is 9.54. The van der Waals surface area contributed by atoms with Crippen molar-refractivity contribution in [1.29, 1.82) is 0 Å². The van der Waals surface area contributed by atoms with E-state index in [-0.39, 0.29) is 18.2 Å². The van der Waals surface area contributed by atoms with Crippen LogP contribution in [0.15, 0.2) is 42.7 Å². The minimum absolute atomic E-state index is 0.0787. The van der Waals surface area contributed by atoms with Gasteiger partial charge in [-0.1, -0.05) is 44.2 Å². The number of aryl methyl sites for hydroxylation is 2. The Labute approximate surface area is 161 Å². The van der Waals surface area contributed by atoms with Crippen LogP contribution in [0.4, 0.5) is 0 Å². The van der Waals surface area contributed by atoms with Gasteiger partial charge in [-0.05, 0) is 37.7 Å². The number of esters is 1.